The summed E-state index contributed by atoms with van der Waals surface area (Å²) in [4.78, 5) is 3.83. The van der Waals surface area contributed by atoms with Crippen LogP contribution in [0.25, 0.3) is 4.91 Å². The second-order valence-corrected chi connectivity index (χ2v) is 6.33. The molecule has 1 spiro atoms. The van der Waals surface area contributed by atoms with Gasteiger partial charge in [-0.1, -0.05) is 42.1 Å². The van der Waals surface area contributed by atoms with Crippen molar-refractivity contribution in [3.63, 3.8) is 0 Å². The lowest BCUT2D eigenvalue weighted by atomic mass is 10.0. The van der Waals surface area contributed by atoms with E-state index in [1.54, 1.807) is 6.07 Å². The Balaban J connectivity index is 1.79. The van der Waals surface area contributed by atoms with Gasteiger partial charge in [0.25, 0.3) is 0 Å². The Hall–Kier alpha value is -1.78. The smallest absolute Gasteiger partial charge is 0.185 e. The van der Waals surface area contributed by atoms with E-state index in [0.717, 1.165) is 16.2 Å². The van der Waals surface area contributed by atoms with Crippen LogP contribution in [0.1, 0.15) is 5.56 Å². The van der Waals surface area contributed by atoms with E-state index >= 15 is 0 Å². The summed E-state index contributed by atoms with van der Waals surface area (Å²) in [7, 11) is 2.03. The van der Waals surface area contributed by atoms with Crippen molar-refractivity contribution in [2.75, 3.05) is 18.6 Å². The third-order valence-electron chi connectivity index (χ3n) is 3.95. The molecule has 4 heteroatoms. The fourth-order valence-corrected chi connectivity index (χ4v) is 3.71. The number of para-hydroxylation sites is 1. The number of fused-ring (bicyclic) bond motifs is 1. The lowest BCUT2D eigenvalue weighted by Crippen LogP contribution is -2.36. The van der Waals surface area contributed by atoms with Gasteiger partial charge in [0, 0.05) is 28.1 Å². The summed E-state index contributed by atoms with van der Waals surface area (Å²) in [5.41, 5.74) is 1.90. The van der Waals surface area contributed by atoms with E-state index in [0.29, 0.717) is 11.5 Å². The summed E-state index contributed by atoms with van der Waals surface area (Å²) in [5.74, 6) is -0.189. The second kappa shape index (κ2) is 4.61. The molecular formula is C17H14FNOS. The summed E-state index contributed by atoms with van der Waals surface area (Å²) >= 11 is 1.46. The predicted octanol–water partition coefficient (Wildman–Crippen LogP) is 4.14. The molecule has 0 bridgehead atoms. The zero-order valence-corrected chi connectivity index (χ0v) is 12.4. The molecular weight excluding hydrogens is 285 g/mol. The highest BCUT2D eigenvalue weighted by molar-refractivity contribution is 8.08. The number of hydrogen-bond acceptors (Lipinski definition) is 3. The van der Waals surface area contributed by atoms with Gasteiger partial charge in [-0.3, -0.25) is 0 Å². The van der Waals surface area contributed by atoms with Gasteiger partial charge in [0.15, 0.2) is 5.72 Å². The van der Waals surface area contributed by atoms with Crippen LogP contribution in [0.3, 0.4) is 0 Å². The minimum atomic E-state index is -0.345. The fourth-order valence-electron chi connectivity index (χ4n) is 2.64. The number of thioether (sulfide) groups is 1. The molecule has 0 N–H and O–H groups in total. The molecule has 2 aromatic rings. The van der Waals surface area contributed by atoms with E-state index in [1.807, 2.05) is 31.3 Å². The maximum Gasteiger partial charge on any atom is 0.185 e. The molecule has 0 saturated carbocycles. The first-order chi connectivity index (χ1) is 10.2. The van der Waals surface area contributed by atoms with Crippen LogP contribution in [0.4, 0.5) is 10.1 Å². The van der Waals surface area contributed by atoms with E-state index in [2.05, 4.69) is 23.1 Å². The largest absolute Gasteiger partial charge is 0.344 e. The number of hydrogen-bond donors (Lipinski definition) is 0. The highest BCUT2D eigenvalue weighted by Gasteiger charge is 2.50. The van der Waals surface area contributed by atoms with Crippen molar-refractivity contribution < 1.29 is 9.13 Å². The average molecular weight is 299 g/mol. The van der Waals surface area contributed by atoms with Gasteiger partial charge >= 0.3 is 0 Å². The highest BCUT2D eigenvalue weighted by Crippen LogP contribution is 2.49. The molecule has 2 nitrogen and oxygen atoms in total. The molecule has 2 aliphatic heterocycles. The molecule has 1 unspecified atom stereocenters. The standard InChI is InChI=1S/C17H14FNOS/c1-19-14-8-4-2-6-12(14)16(10-17(19)11-20-17)21-15-9-5-3-7-13(15)18/h2-10H,11H2,1H3. The van der Waals surface area contributed by atoms with Crippen molar-refractivity contribution in [2.24, 2.45) is 0 Å². The molecule has 106 valence electrons. The summed E-state index contributed by atoms with van der Waals surface area (Å²) in [6.45, 7) is 0.680. The molecule has 2 aliphatic rings. The Kier molecular flexibility index (Phi) is 2.84. The minimum Gasteiger partial charge on any atom is -0.344 e. The Morgan fingerprint density at radius 3 is 2.62 bits per heavy atom. The number of benzene rings is 2. The SMILES string of the molecule is CN1c2ccccc2C(Sc2ccccc2F)=CC12CO2. The molecule has 0 aromatic heterocycles. The number of rotatable bonds is 2. The van der Waals surface area contributed by atoms with Gasteiger partial charge in [-0.25, -0.2) is 4.39 Å². The van der Waals surface area contributed by atoms with E-state index < -0.39 is 0 Å². The summed E-state index contributed by atoms with van der Waals surface area (Å²) < 4.78 is 19.6. The zero-order chi connectivity index (χ0) is 14.4. The third kappa shape index (κ3) is 2.06. The molecule has 4 rings (SSSR count). The highest BCUT2D eigenvalue weighted by atomic mass is 32.2. The van der Waals surface area contributed by atoms with E-state index in [4.69, 9.17) is 4.74 Å². The fraction of sp³-hybridized carbons (Fsp3) is 0.176. The number of ether oxygens (including phenoxy) is 1. The first-order valence-corrected chi connectivity index (χ1v) is 7.64. The van der Waals surface area contributed by atoms with Crippen LogP contribution >= 0.6 is 11.8 Å². The number of epoxide rings is 1. The Labute approximate surface area is 127 Å². The Morgan fingerprint density at radius 1 is 1.14 bits per heavy atom. The van der Waals surface area contributed by atoms with E-state index in [9.17, 15) is 4.39 Å². The van der Waals surface area contributed by atoms with Crippen LogP contribution in [-0.2, 0) is 4.74 Å². The van der Waals surface area contributed by atoms with Crippen molar-refractivity contribution >= 4 is 22.4 Å². The van der Waals surface area contributed by atoms with Gasteiger partial charge in [0.2, 0.25) is 0 Å². The summed E-state index contributed by atoms with van der Waals surface area (Å²) in [6.07, 6.45) is 2.10. The van der Waals surface area contributed by atoms with Crippen LogP contribution in [0.5, 0.6) is 0 Å². The molecule has 21 heavy (non-hydrogen) atoms. The van der Waals surface area contributed by atoms with Gasteiger partial charge < -0.3 is 9.64 Å². The van der Waals surface area contributed by atoms with Gasteiger partial charge in [-0.15, -0.1) is 0 Å². The van der Waals surface area contributed by atoms with E-state index in [-0.39, 0.29) is 11.5 Å². The van der Waals surface area contributed by atoms with Crippen LogP contribution < -0.4 is 4.90 Å². The maximum atomic E-state index is 13.9. The lowest BCUT2D eigenvalue weighted by Gasteiger charge is -2.32. The summed E-state index contributed by atoms with van der Waals surface area (Å²) in [5, 5.41) is 0. The molecule has 2 heterocycles. The van der Waals surface area contributed by atoms with Crippen molar-refractivity contribution in [3.8, 4) is 0 Å². The van der Waals surface area contributed by atoms with Gasteiger partial charge in [-0.05, 0) is 24.3 Å². The lowest BCUT2D eigenvalue weighted by molar-refractivity contribution is 0.347. The molecule has 0 radical (unpaired) electrons. The topological polar surface area (TPSA) is 15.8 Å². The first kappa shape index (κ1) is 12.9. The van der Waals surface area contributed by atoms with Crippen molar-refractivity contribution in [1.29, 1.82) is 0 Å². The summed E-state index contributed by atoms with van der Waals surface area (Å²) in [6, 6.07) is 15.0. The van der Waals surface area contributed by atoms with Crippen LogP contribution in [-0.4, -0.2) is 19.4 Å². The molecule has 1 fully saturated rings. The van der Waals surface area contributed by atoms with Gasteiger partial charge in [-0.2, -0.15) is 0 Å². The molecule has 0 amide bonds. The number of anilines is 1. The second-order valence-electron chi connectivity index (χ2n) is 5.25. The van der Waals surface area contributed by atoms with Crippen LogP contribution in [0.15, 0.2) is 59.5 Å². The third-order valence-corrected chi connectivity index (χ3v) is 5.06. The van der Waals surface area contributed by atoms with Gasteiger partial charge in [0.1, 0.15) is 12.4 Å². The van der Waals surface area contributed by atoms with Crippen LogP contribution in [0.2, 0.25) is 0 Å². The number of likely N-dealkylation sites (N-methyl/N-ethyl adjacent to an activating group) is 1. The van der Waals surface area contributed by atoms with Crippen molar-refractivity contribution in [2.45, 2.75) is 10.6 Å². The maximum absolute atomic E-state index is 13.9. The normalized spacial score (nSPS) is 23.0. The van der Waals surface area contributed by atoms with Crippen molar-refractivity contribution in [1.82, 2.24) is 0 Å². The Bertz CT molecular complexity index is 739. The van der Waals surface area contributed by atoms with Crippen molar-refractivity contribution in [3.05, 3.63) is 66.0 Å². The molecule has 1 atom stereocenters. The monoisotopic (exact) mass is 299 g/mol. The van der Waals surface area contributed by atoms with E-state index in [1.165, 1.54) is 17.8 Å². The number of halogens is 1. The van der Waals surface area contributed by atoms with Crippen LogP contribution in [0, 0.1) is 5.82 Å². The average Bonchev–Trinajstić information content (AvgIpc) is 3.28. The van der Waals surface area contributed by atoms with Gasteiger partial charge in [0.05, 0.1) is 0 Å². The predicted molar refractivity (Wildman–Crippen MR) is 83.8 cm³/mol. The molecule has 0 aliphatic carbocycles. The number of nitrogens with zero attached hydrogens (tertiary/aromatic N) is 1. The quantitative estimate of drug-likeness (QED) is 0.775. The zero-order valence-electron chi connectivity index (χ0n) is 11.5. The molecule has 1 saturated heterocycles. The molecule has 2 aromatic carbocycles. The first-order valence-electron chi connectivity index (χ1n) is 6.82. The minimum absolute atomic E-state index is 0.189. The Morgan fingerprint density at radius 2 is 1.86 bits per heavy atom.